The third-order valence-corrected chi connectivity index (χ3v) is 6.09. The van der Waals surface area contributed by atoms with Crippen molar-refractivity contribution in [3.8, 4) is 5.75 Å². The SMILES string of the molecule is CCCC[C@H]1CC[C@H](c2ccc(OC(=S)c3ccc(C(F)F)cc3)cc2)CC1. The van der Waals surface area contributed by atoms with Crippen molar-refractivity contribution in [2.45, 2.75) is 64.2 Å². The molecule has 1 aliphatic rings. The maximum Gasteiger partial charge on any atom is 0.263 e. The lowest BCUT2D eigenvalue weighted by molar-refractivity contribution is 0.151. The van der Waals surface area contributed by atoms with Crippen LogP contribution >= 0.6 is 12.2 Å². The number of halogens is 2. The summed E-state index contributed by atoms with van der Waals surface area (Å²) < 4.78 is 31.0. The molecule has 2 aromatic rings. The Hall–Kier alpha value is -1.81. The molecule has 1 fully saturated rings. The lowest BCUT2D eigenvalue weighted by Gasteiger charge is -2.28. The summed E-state index contributed by atoms with van der Waals surface area (Å²) in [7, 11) is 0. The van der Waals surface area contributed by atoms with Gasteiger partial charge in [0.25, 0.3) is 6.43 Å². The van der Waals surface area contributed by atoms with Gasteiger partial charge >= 0.3 is 0 Å². The number of rotatable bonds is 7. The first-order chi connectivity index (χ1) is 13.6. The van der Waals surface area contributed by atoms with Gasteiger partial charge in [0, 0.05) is 11.1 Å². The van der Waals surface area contributed by atoms with E-state index in [-0.39, 0.29) is 5.56 Å². The fourth-order valence-electron chi connectivity index (χ4n) is 4.02. The fourth-order valence-corrected chi connectivity index (χ4v) is 4.25. The molecule has 0 bridgehead atoms. The zero-order chi connectivity index (χ0) is 19.9. The van der Waals surface area contributed by atoms with Gasteiger partial charge in [0.1, 0.15) is 5.75 Å². The van der Waals surface area contributed by atoms with Crippen LogP contribution in [0.3, 0.4) is 0 Å². The van der Waals surface area contributed by atoms with Crippen LogP contribution in [0.25, 0.3) is 0 Å². The minimum atomic E-state index is -2.47. The van der Waals surface area contributed by atoms with Crippen LogP contribution in [0.4, 0.5) is 8.78 Å². The summed E-state index contributed by atoms with van der Waals surface area (Å²) in [6.45, 7) is 2.26. The van der Waals surface area contributed by atoms with Crippen molar-refractivity contribution in [1.29, 1.82) is 0 Å². The molecule has 0 N–H and O–H groups in total. The van der Waals surface area contributed by atoms with Crippen molar-refractivity contribution in [3.63, 3.8) is 0 Å². The Morgan fingerprint density at radius 1 is 1.00 bits per heavy atom. The quantitative estimate of drug-likeness (QED) is 0.436. The molecule has 0 saturated heterocycles. The Morgan fingerprint density at radius 2 is 1.64 bits per heavy atom. The lowest BCUT2D eigenvalue weighted by Crippen LogP contribution is -2.13. The summed E-state index contributed by atoms with van der Waals surface area (Å²) >= 11 is 5.31. The normalized spacial score (nSPS) is 19.6. The first kappa shape index (κ1) is 20.9. The fraction of sp³-hybridized carbons (Fsp3) is 0.458. The predicted molar refractivity (Wildman–Crippen MR) is 114 cm³/mol. The molecule has 0 atom stereocenters. The third kappa shape index (κ3) is 5.60. The number of benzene rings is 2. The molecule has 2 aromatic carbocycles. The van der Waals surface area contributed by atoms with E-state index in [0.717, 1.165) is 5.92 Å². The van der Waals surface area contributed by atoms with Gasteiger partial charge in [-0.3, -0.25) is 0 Å². The smallest absolute Gasteiger partial charge is 0.263 e. The molecule has 1 nitrogen and oxygen atoms in total. The Labute approximate surface area is 172 Å². The Balaban J connectivity index is 1.54. The van der Waals surface area contributed by atoms with E-state index in [1.807, 2.05) is 12.1 Å². The Bertz CT molecular complexity index is 747. The van der Waals surface area contributed by atoms with Gasteiger partial charge in [0.05, 0.1) is 0 Å². The molecular weight excluding hydrogens is 374 g/mol. The molecule has 0 heterocycles. The standard InChI is InChI=1S/C24H28F2OS/c1-2-3-4-17-5-7-18(8-6-17)19-13-15-22(16-14-19)27-24(28)21-11-9-20(10-12-21)23(25)26/h9-18,23H,2-8H2,1H3/t17-,18-. The van der Waals surface area contributed by atoms with Gasteiger partial charge in [-0.1, -0.05) is 50.5 Å². The van der Waals surface area contributed by atoms with E-state index in [9.17, 15) is 8.78 Å². The van der Waals surface area contributed by atoms with Crippen molar-refractivity contribution in [3.05, 3.63) is 65.2 Å². The molecule has 1 saturated carbocycles. The number of unbranched alkanes of at least 4 members (excludes halogenated alkanes) is 1. The summed E-state index contributed by atoms with van der Waals surface area (Å²) in [5, 5.41) is 0.296. The molecule has 150 valence electrons. The topological polar surface area (TPSA) is 9.23 Å². The maximum atomic E-state index is 12.7. The molecule has 3 rings (SSSR count). The van der Waals surface area contributed by atoms with E-state index in [1.165, 1.54) is 62.6 Å². The van der Waals surface area contributed by atoms with E-state index >= 15 is 0 Å². The molecule has 4 heteroatoms. The van der Waals surface area contributed by atoms with Crippen LogP contribution in [0.5, 0.6) is 5.75 Å². The number of ether oxygens (including phenoxy) is 1. The van der Waals surface area contributed by atoms with Crippen LogP contribution in [0, 0.1) is 5.92 Å². The largest absolute Gasteiger partial charge is 0.445 e. The van der Waals surface area contributed by atoms with E-state index in [2.05, 4.69) is 19.1 Å². The van der Waals surface area contributed by atoms with Crippen molar-refractivity contribution in [2.75, 3.05) is 0 Å². The van der Waals surface area contributed by atoms with Crippen LogP contribution in [0.15, 0.2) is 48.5 Å². The molecule has 0 amide bonds. The summed E-state index contributed by atoms with van der Waals surface area (Å²) in [6.07, 6.45) is 6.76. The summed E-state index contributed by atoms with van der Waals surface area (Å²) in [5.74, 6) is 2.23. The number of hydrogen-bond acceptors (Lipinski definition) is 2. The molecule has 0 spiro atoms. The van der Waals surface area contributed by atoms with E-state index in [4.69, 9.17) is 17.0 Å². The highest BCUT2D eigenvalue weighted by Gasteiger charge is 2.22. The molecule has 28 heavy (non-hydrogen) atoms. The van der Waals surface area contributed by atoms with Crippen LogP contribution in [0.2, 0.25) is 0 Å². The monoisotopic (exact) mass is 402 g/mol. The van der Waals surface area contributed by atoms with Crippen molar-refractivity contribution in [2.24, 2.45) is 5.92 Å². The second-order valence-electron chi connectivity index (χ2n) is 7.74. The molecule has 0 unspecified atom stereocenters. The summed E-state index contributed by atoms with van der Waals surface area (Å²) in [4.78, 5) is 0. The number of alkyl halides is 2. The molecule has 0 radical (unpaired) electrons. The van der Waals surface area contributed by atoms with Crippen LogP contribution in [-0.4, -0.2) is 5.05 Å². The average molecular weight is 403 g/mol. The van der Waals surface area contributed by atoms with Gasteiger partial charge in [-0.05, 0) is 79.6 Å². The Morgan fingerprint density at radius 3 is 2.21 bits per heavy atom. The zero-order valence-electron chi connectivity index (χ0n) is 16.4. The molecule has 0 aliphatic heterocycles. The van der Waals surface area contributed by atoms with Crippen LogP contribution in [0.1, 0.15) is 80.9 Å². The summed E-state index contributed by atoms with van der Waals surface area (Å²) in [6, 6.07) is 14.1. The first-order valence-electron chi connectivity index (χ1n) is 10.3. The minimum Gasteiger partial charge on any atom is -0.445 e. The van der Waals surface area contributed by atoms with Gasteiger partial charge in [-0.15, -0.1) is 0 Å². The molecular formula is C24H28F2OS. The van der Waals surface area contributed by atoms with Gasteiger partial charge in [0.2, 0.25) is 0 Å². The van der Waals surface area contributed by atoms with Gasteiger partial charge in [0.15, 0.2) is 5.05 Å². The Kier molecular flexibility index (Phi) is 7.55. The van der Waals surface area contributed by atoms with Gasteiger partial charge in [-0.25, -0.2) is 8.78 Å². The average Bonchev–Trinajstić information content (AvgIpc) is 2.73. The van der Waals surface area contributed by atoms with Crippen molar-refractivity contribution < 1.29 is 13.5 Å². The zero-order valence-corrected chi connectivity index (χ0v) is 17.2. The van der Waals surface area contributed by atoms with Gasteiger partial charge < -0.3 is 4.74 Å². The predicted octanol–water partition coefficient (Wildman–Crippen LogP) is 7.84. The highest BCUT2D eigenvalue weighted by atomic mass is 32.1. The van der Waals surface area contributed by atoms with Crippen molar-refractivity contribution >= 4 is 17.3 Å². The minimum absolute atomic E-state index is 0.0136. The number of hydrogen-bond donors (Lipinski definition) is 0. The van der Waals surface area contributed by atoms with Crippen molar-refractivity contribution in [1.82, 2.24) is 0 Å². The van der Waals surface area contributed by atoms with E-state index in [1.54, 1.807) is 12.1 Å². The van der Waals surface area contributed by atoms with Crippen LogP contribution in [-0.2, 0) is 0 Å². The second-order valence-corrected chi connectivity index (χ2v) is 8.11. The molecule has 0 aromatic heterocycles. The highest BCUT2D eigenvalue weighted by molar-refractivity contribution is 7.80. The maximum absolute atomic E-state index is 12.7. The van der Waals surface area contributed by atoms with Crippen LogP contribution < -0.4 is 4.74 Å². The molecule has 1 aliphatic carbocycles. The van der Waals surface area contributed by atoms with E-state index in [0.29, 0.717) is 22.3 Å². The van der Waals surface area contributed by atoms with E-state index < -0.39 is 6.43 Å². The summed E-state index contributed by atoms with van der Waals surface area (Å²) in [5.41, 5.74) is 1.99. The second kappa shape index (κ2) is 10.1. The van der Waals surface area contributed by atoms with Gasteiger partial charge in [-0.2, -0.15) is 0 Å². The first-order valence-corrected chi connectivity index (χ1v) is 10.7. The lowest BCUT2D eigenvalue weighted by atomic mass is 9.77. The number of thiocarbonyl (C=S) groups is 1. The highest BCUT2D eigenvalue weighted by Crippen LogP contribution is 2.38. The third-order valence-electron chi connectivity index (χ3n) is 5.77.